The lowest BCUT2D eigenvalue weighted by molar-refractivity contribution is 0.111. The summed E-state index contributed by atoms with van der Waals surface area (Å²) in [5, 5.41) is 14.3. The third-order valence-electron chi connectivity index (χ3n) is 6.59. The minimum atomic E-state index is -0.267. The van der Waals surface area contributed by atoms with Crippen molar-refractivity contribution in [2.24, 2.45) is 0 Å². The Balaban J connectivity index is 1.52. The van der Waals surface area contributed by atoms with Crippen LogP contribution >= 0.6 is 0 Å². The van der Waals surface area contributed by atoms with Gasteiger partial charge in [-0.15, -0.1) is 0 Å². The summed E-state index contributed by atoms with van der Waals surface area (Å²) in [5.74, 6) is 0.739. The van der Waals surface area contributed by atoms with Gasteiger partial charge in [0.2, 0.25) is 5.95 Å². The van der Waals surface area contributed by atoms with Crippen LogP contribution in [0.1, 0.15) is 49.6 Å². The molecule has 0 radical (unpaired) electrons. The van der Waals surface area contributed by atoms with E-state index in [1.54, 1.807) is 12.1 Å². The Hall–Kier alpha value is -2.51. The average Bonchev–Trinajstić information content (AvgIpc) is 3.34. The highest BCUT2D eigenvalue weighted by Gasteiger charge is 2.28. The van der Waals surface area contributed by atoms with E-state index in [4.69, 9.17) is 4.98 Å². The molecule has 3 aromatic rings. The minimum Gasteiger partial charge on any atom is -0.393 e. The summed E-state index contributed by atoms with van der Waals surface area (Å²) in [6.45, 7) is 2.16. The zero-order valence-electron chi connectivity index (χ0n) is 17.3. The molecular formula is C23H28FN5O. The maximum atomic E-state index is 13.2. The zero-order valence-corrected chi connectivity index (χ0v) is 17.3. The standard InChI is InChI=1S/C23H28FN5O/c1-28-11-10-15(13-28)21-14-29(18-6-8-19(30)9-7-18)22-20(21)12-25-23(27-22)26-17-4-2-16(24)3-5-17/h2-5,12,14-15,18-19,30H,6-11,13H2,1H3,(H,25,26,27). The third-order valence-corrected chi connectivity index (χ3v) is 6.59. The normalized spacial score (nSPS) is 25.1. The summed E-state index contributed by atoms with van der Waals surface area (Å²) in [4.78, 5) is 11.8. The van der Waals surface area contributed by atoms with Gasteiger partial charge in [0, 0.05) is 42.0 Å². The Kier molecular flexibility index (Phi) is 5.16. The first-order chi connectivity index (χ1) is 14.6. The fraction of sp³-hybridized carbons (Fsp3) is 0.478. The molecule has 1 aliphatic carbocycles. The van der Waals surface area contributed by atoms with Gasteiger partial charge in [-0.1, -0.05) is 0 Å². The average molecular weight is 410 g/mol. The van der Waals surface area contributed by atoms with Crippen molar-refractivity contribution in [3.63, 3.8) is 0 Å². The second kappa shape index (κ2) is 7.96. The van der Waals surface area contributed by atoms with Crippen molar-refractivity contribution in [3.8, 4) is 0 Å². The Labute approximate surface area is 175 Å². The van der Waals surface area contributed by atoms with Gasteiger partial charge in [-0.05, 0) is 75.5 Å². The zero-order chi connectivity index (χ0) is 20.7. The first kappa shape index (κ1) is 19.5. The molecule has 6 nitrogen and oxygen atoms in total. The van der Waals surface area contributed by atoms with E-state index in [1.807, 2.05) is 6.20 Å². The highest BCUT2D eigenvalue weighted by molar-refractivity contribution is 5.82. The molecule has 7 heteroatoms. The molecule has 0 bridgehead atoms. The van der Waals surface area contributed by atoms with Gasteiger partial charge in [0.15, 0.2) is 0 Å². The van der Waals surface area contributed by atoms with Gasteiger partial charge in [-0.3, -0.25) is 0 Å². The number of aromatic nitrogens is 3. The van der Waals surface area contributed by atoms with Crippen LogP contribution in [0.3, 0.4) is 0 Å². The van der Waals surface area contributed by atoms with Crippen molar-refractivity contribution in [1.29, 1.82) is 0 Å². The number of likely N-dealkylation sites (tertiary alicyclic amines) is 1. The molecule has 30 heavy (non-hydrogen) atoms. The summed E-state index contributed by atoms with van der Waals surface area (Å²) >= 11 is 0. The second-order valence-corrected chi connectivity index (χ2v) is 8.76. The summed E-state index contributed by atoms with van der Waals surface area (Å²) in [6, 6.07) is 6.56. The van der Waals surface area contributed by atoms with E-state index in [2.05, 4.69) is 33.0 Å². The summed E-state index contributed by atoms with van der Waals surface area (Å²) in [5.41, 5.74) is 3.03. The third kappa shape index (κ3) is 3.79. The number of likely N-dealkylation sites (N-methyl/N-ethyl adjacent to an activating group) is 1. The first-order valence-corrected chi connectivity index (χ1v) is 10.8. The van der Waals surface area contributed by atoms with Crippen molar-refractivity contribution in [2.45, 2.75) is 50.2 Å². The highest BCUT2D eigenvalue weighted by atomic mass is 19.1. The van der Waals surface area contributed by atoms with Crippen molar-refractivity contribution in [3.05, 3.63) is 48.0 Å². The number of fused-ring (bicyclic) bond motifs is 1. The van der Waals surface area contributed by atoms with E-state index in [1.165, 1.54) is 17.7 Å². The van der Waals surface area contributed by atoms with Crippen LogP contribution in [0.25, 0.3) is 11.0 Å². The quantitative estimate of drug-likeness (QED) is 0.676. The molecule has 5 rings (SSSR count). The molecule has 3 heterocycles. The molecule has 0 spiro atoms. The number of halogens is 1. The van der Waals surface area contributed by atoms with Crippen LogP contribution in [-0.2, 0) is 0 Å². The molecule has 1 aliphatic heterocycles. The molecular weight excluding hydrogens is 381 g/mol. The summed E-state index contributed by atoms with van der Waals surface area (Å²) in [7, 11) is 2.17. The number of rotatable bonds is 4. The number of aliphatic hydroxyl groups excluding tert-OH is 1. The highest BCUT2D eigenvalue weighted by Crippen LogP contribution is 2.37. The molecule has 1 atom stereocenters. The van der Waals surface area contributed by atoms with Crippen LogP contribution in [0.5, 0.6) is 0 Å². The van der Waals surface area contributed by atoms with Crippen molar-refractivity contribution in [1.82, 2.24) is 19.4 Å². The fourth-order valence-corrected chi connectivity index (χ4v) is 4.91. The lowest BCUT2D eigenvalue weighted by atomic mass is 9.93. The Bertz CT molecular complexity index is 1030. The summed E-state index contributed by atoms with van der Waals surface area (Å²) in [6.07, 6.45) is 8.75. The number of hydrogen-bond donors (Lipinski definition) is 2. The molecule has 0 amide bonds. The van der Waals surface area contributed by atoms with Gasteiger partial charge < -0.3 is 19.9 Å². The van der Waals surface area contributed by atoms with Gasteiger partial charge in [0.05, 0.1) is 6.10 Å². The number of hydrogen-bond acceptors (Lipinski definition) is 5. The number of benzene rings is 1. The van der Waals surface area contributed by atoms with E-state index in [9.17, 15) is 9.50 Å². The maximum absolute atomic E-state index is 13.2. The van der Waals surface area contributed by atoms with E-state index in [-0.39, 0.29) is 11.9 Å². The SMILES string of the molecule is CN1CCC(c2cn(C3CCC(O)CC3)c3nc(Nc4ccc(F)cc4)ncc23)C1. The molecule has 1 saturated carbocycles. The molecule has 2 fully saturated rings. The number of nitrogens with zero attached hydrogens (tertiary/aromatic N) is 4. The van der Waals surface area contributed by atoms with Gasteiger partial charge >= 0.3 is 0 Å². The monoisotopic (exact) mass is 409 g/mol. The Morgan fingerprint density at radius 2 is 1.87 bits per heavy atom. The van der Waals surface area contributed by atoms with E-state index < -0.39 is 0 Å². The van der Waals surface area contributed by atoms with Crippen molar-refractivity contribution >= 4 is 22.7 Å². The first-order valence-electron chi connectivity index (χ1n) is 10.8. The molecule has 1 saturated heterocycles. The van der Waals surface area contributed by atoms with Gasteiger partial charge in [0.25, 0.3) is 0 Å². The topological polar surface area (TPSA) is 66.2 Å². The minimum absolute atomic E-state index is 0.184. The van der Waals surface area contributed by atoms with Crippen LogP contribution in [0.4, 0.5) is 16.0 Å². The van der Waals surface area contributed by atoms with Gasteiger partial charge in [0.1, 0.15) is 11.5 Å². The second-order valence-electron chi connectivity index (χ2n) is 8.76. The van der Waals surface area contributed by atoms with Crippen LogP contribution in [0.15, 0.2) is 36.7 Å². The van der Waals surface area contributed by atoms with Crippen LogP contribution in [0.2, 0.25) is 0 Å². The largest absolute Gasteiger partial charge is 0.393 e. The fourth-order valence-electron chi connectivity index (χ4n) is 4.91. The van der Waals surface area contributed by atoms with Crippen LogP contribution in [-0.4, -0.2) is 50.8 Å². The Morgan fingerprint density at radius 1 is 1.10 bits per heavy atom. The molecule has 2 aromatic heterocycles. The Morgan fingerprint density at radius 3 is 2.57 bits per heavy atom. The molecule has 2 N–H and O–H groups in total. The lowest BCUT2D eigenvalue weighted by Gasteiger charge is -2.27. The van der Waals surface area contributed by atoms with Crippen LogP contribution < -0.4 is 5.32 Å². The number of nitrogens with one attached hydrogen (secondary N) is 1. The molecule has 1 aromatic carbocycles. The molecule has 2 aliphatic rings. The lowest BCUT2D eigenvalue weighted by Crippen LogP contribution is -2.21. The van der Waals surface area contributed by atoms with Gasteiger partial charge in [-0.25, -0.2) is 9.37 Å². The number of aliphatic hydroxyl groups is 1. The summed E-state index contributed by atoms with van der Waals surface area (Å²) < 4.78 is 15.5. The smallest absolute Gasteiger partial charge is 0.229 e. The van der Waals surface area contributed by atoms with Crippen molar-refractivity contribution < 1.29 is 9.50 Å². The van der Waals surface area contributed by atoms with Gasteiger partial charge in [-0.2, -0.15) is 4.98 Å². The van der Waals surface area contributed by atoms with E-state index in [0.29, 0.717) is 17.9 Å². The van der Waals surface area contributed by atoms with E-state index >= 15 is 0 Å². The van der Waals surface area contributed by atoms with E-state index in [0.717, 1.165) is 61.9 Å². The van der Waals surface area contributed by atoms with Crippen LogP contribution in [0, 0.1) is 5.82 Å². The predicted molar refractivity (Wildman–Crippen MR) is 116 cm³/mol. The molecule has 158 valence electrons. The maximum Gasteiger partial charge on any atom is 0.229 e. The molecule has 1 unspecified atom stereocenters. The van der Waals surface area contributed by atoms with Crippen molar-refractivity contribution in [2.75, 3.05) is 25.5 Å². The predicted octanol–water partition coefficient (Wildman–Crippen LogP) is 4.21. The number of anilines is 2.